The van der Waals surface area contributed by atoms with Crippen molar-refractivity contribution in [1.82, 2.24) is 0 Å². The molecule has 1 heterocycles. The Morgan fingerprint density at radius 2 is 1.33 bits per heavy atom. The maximum atomic E-state index is 7.24. The summed E-state index contributed by atoms with van der Waals surface area (Å²) < 4.78 is 1.24. The van der Waals surface area contributed by atoms with Crippen LogP contribution in [0.25, 0.3) is 10.1 Å². The number of fused-ring (bicyclic) bond motifs is 1. The van der Waals surface area contributed by atoms with Crippen LogP contribution in [0.3, 0.4) is 0 Å². The van der Waals surface area contributed by atoms with E-state index in [1.807, 2.05) is 29.6 Å². The standard InChI is InChI=1S/C9H8N2S.ClH.8H2O/c10-9(11)7-1-2-8-6(5-7)3-4-12-8;;;;;;;;;/h1-5H,(H3,10,11);1H;8*1H2. The minimum absolute atomic E-state index is 0. The first-order valence-corrected chi connectivity index (χ1v) is 4.47. The summed E-state index contributed by atoms with van der Waals surface area (Å²) in [4.78, 5) is 0. The molecule has 0 aliphatic heterocycles. The van der Waals surface area contributed by atoms with Crippen LogP contribution >= 0.6 is 23.7 Å². The number of hydrogen-bond donors (Lipinski definition) is 2. The fourth-order valence-corrected chi connectivity index (χ4v) is 1.91. The second kappa shape index (κ2) is 20.9. The average molecular weight is 357 g/mol. The Morgan fingerprint density at radius 1 is 0.857 bits per heavy atom. The van der Waals surface area contributed by atoms with E-state index in [1.165, 1.54) is 4.70 Å². The van der Waals surface area contributed by atoms with Gasteiger partial charge < -0.3 is 49.5 Å². The number of hydrogen-bond acceptors (Lipinski definition) is 2. The van der Waals surface area contributed by atoms with Gasteiger partial charge in [0.15, 0.2) is 0 Å². The Hall–Kier alpha value is -1.38. The van der Waals surface area contributed by atoms with E-state index in [0.29, 0.717) is 0 Å². The molecule has 132 valence electrons. The average Bonchev–Trinajstić information content (AvgIpc) is 2.49. The van der Waals surface area contributed by atoms with Gasteiger partial charge in [0, 0.05) is 10.3 Å². The highest BCUT2D eigenvalue weighted by atomic mass is 35.5. The number of nitrogens with two attached hydrogens (primary N) is 1. The normalized spacial score (nSPS) is 5.90. The molecule has 1 aromatic carbocycles. The summed E-state index contributed by atoms with van der Waals surface area (Å²) in [6.07, 6.45) is 0. The van der Waals surface area contributed by atoms with Gasteiger partial charge in [-0.15, -0.1) is 23.7 Å². The summed E-state index contributed by atoms with van der Waals surface area (Å²) in [6.45, 7) is 0. The van der Waals surface area contributed by atoms with Crippen molar-refractivity contribution in [3.63, 3.8) is 0 Å². The van der Waals surface area contributed by atoms with E-state index >= 15 is 0 Å². The van der Waals surface area contributed by atoms with Gasteiger partial charge in [0.25, 0.3) is 0 Å². The summed E-state index contributed by atoms with van der Waals surface area (Å²) in [6, 6.07) is 7.85. The number of rotatable bonds is 1. The molecule has 0 spiro atoms. The Labute approximate surface area is 130 Å². The van der Waals surface area contributed by atoms with Crippen LogP contribution in [0.5, 0.6) is 0 Å². The maximum absolute atomic E-state index is 7.24. The minimum Gasteiger partial charge on any atom is -0.412 e. The van der Waals surface area contributed by atoms with E-state index in [4.69, 9.17) is 11.1 Å². The fourth-order valence-electron chi connectivity index (χ4n) is 1.13. The predicted molar refractivity (Wildman–Crippen MR) is 89.0 cm³/mol. The molecule has 10 nitrogen and oxygen atoms in total. The van der Waals surface area contributed by atoms with Crippen LogP contribution in [0.1, 0.15) is 5.56 Å². The maximum Gasteiger partial charge on any atom is 0.122 e. The summed E-state index contributed by atoms with van der Waals surface area (Å²) in [5.41, 5.74) is 6.15. The van der Waals surface area contributed by atoms with Crippen LogP contribution in [0.15, 0.2) is 29.6 Å². The molecule has 0 unspecified atom stereocenters. The van der Waals surface area contributed by atoms with Crippen molar-refractivity contribution in [3.8, 4) is 0 Å². The van der Waals surface area contributed by atoms with E-state index in [2.05, 4.69) is 0 Å². The zero-order valence-corrected chi connectivity index (χ0v) is 12.4. The summed E-state index contributed by atoms with van der Waals surface area (Å²) >= 11 is 1.70. The van der Waals surface area contributed by atoms with Crippen LogP contribution in [-0.4, -0.2) is 49.6 Å². The van der Waals surface area contributed by atoms with Gasteiger partial charge >= 0.3 is 0 Å². The number of nitrogens with one attached hydrogen (secondary N) is 1. The lowest BCUT2D eigenvalue weighted by atomic mass is 10.1. The van der Waals surface area contributed by atoms with E-state index in [9.17, 15) is 0 Å². The topological polar surface area (TPSA) is 302 Å². The van der Waals surface area contributed by atoms with Crippen LogP contribution in [0.2, 0.25) is 0 Å². The lowest BCUT2D eigenvalue weighted by Crippen LogP contribution is -2.10. The van der Waals surface area contributed by atoms with Crippen molar-refractivity contribution in [1.29, 1.82) is 5.41 Å². The molecule has 21 heavy (non-hydrogen) atoms. The molecule has 1 aromatic heterocycles. The SMILES string of the molecule is Cl.N=C(N)c1ccc2sccc2c1.O.O.O.O.O.O.O.O. The van der Waals surface area contributed by atoms with Crippen molar-refractivity contribution in [2.45, 2.75) is 0 Å². The van der Waals surface area contributed by atoms with Gasteiger partial charge in [-0.2, -0.15) is 0 Å². The smallest absolute Gasteiger partial charge is 0.122 e. The van der Waals surface area contributed by atoms with E-state index in [-0.39, 0.29) is 62.1 Å². The second-order valence-corrected chi connectivity index (χ2v) is 3.53. The third-order valence-corrected chi connectivity index (χ3v) is 2.66. The number of nitrogen functional groups attached to an aromatic ring is 1. The van der Waals surface area contributed by atoms with Crippen molar-refractivity contribution in [2.24, 2.45) is 5.73 Å². The Balaban J connectivity index is -0.0000000313. The lowest BCUT2D eigenvalue weighted by molar-refractivity contribution is 0.823. The molecular weight excluding hydrogens is 332 g/mol. The second-order valence-electron chi connectivity index (χ2n) is 2.59. The van der Waals surface area contributed by atoms with E-state index in [1.54, 1.807) is 11.3 Å². The van der Waals surface area contributed by atoms with Crippen molar-refractivity contribution >= 4 is 39.7 Å². The highest BCUT2D eigenvalue weighted by Gasteiger charge is 1.98. The van der Waals surface area contributed by atoms with Gasteiger partial charge in [-0.1, -0.05) is 0 Å². The minimum atomic E-state index is 0. The van der Waals surface area contributed by atoms with Crippen LogP contribution in [0.4, 0.5) is 0 Å². The van der Waals surface area contributed by atoms with Gasteiger partial charge in [0.2, 0.25) is 0 Å². The molecule has 0 amide bonds. The van der Waals surface area contributed by atoms with Crippen LogP contribution in [-0.2, 0) is 0 Å². The highest BCUT2D eigenvalue weighted by Crippen LogP contribution is 2.21. The van der Waals surface area contributed by atoms with E-state index < -0.39 is 0 Å². The number of halogens is 1. The molecule has 12 heteroatoms. The predicted octanol–water partition coefficient (Wildman–Crippen LogP) is -3.99. The van der Waals surface area contributed by atoms with Crippen molar-refractivity contribution < 1.29 is 43.8 Å². The molecular formula is C9H25ClN2O8S. The molecule has 0 radical (unpaired) electrons. The van der Waals surface area contributed by atoms with Crippen molar-refractivity contribution in [2.75, 3.05) is 0 Å². The largest absolute Gasteiger partial charge is 0.412 e. The monoisotopic (exact) mass is 356 g/mol. The molecule has 0 saturated carbocycles. The Kier molecular flexibility index (Phi) is 50.2. The van der Waals surface area contributed by atoms with Gasteiger partial charge in [-0.05, 0) is 35.0 Å². The first kappa shape index (κ1) is 50.4. The molecule has 0 fully saturated rings. The van der Waals surface area contributed by atoms with Gasteiger partial charge in [-0.3, -0.25) is 5.41 Å². The summed E-state index contributed by atoms with van der Waals surface area (Å²) in [7, 11) is 0. The van der Waals surface area contributed by atoms with Gasteiger partial charge in [-0.25, -0.2) is 0 Å². The highest BCUT2D eigenvalue weighted by molar-refractivity contribution is 7.17. The molecule has 19 N–H and O–H groups in total. The summed E-state index contributed by atoms with van der Waals surface area (Å²) in [5.74, 6) is 0.128. The quantitative estimate of drug-likeness (QED) is 0.374. The van der Waals surface area contributed by atoms with Crippen LogP contribution in [0, 0.1) is 5.41 Å². The fraction of sp³-hybridized carbons (Fsp3) is 0. The number of benzene rings is 1. The molecule has 2 aromatic rings. The molecule has 0 saturated heterocycles. The Bertz CT molecular complexity index is 456. The zero-order chi connectivity index (χ0) is 8.55. The molecule has 0 aliphatic rings. The first-order chi connectivity index (χ1) is 5.77. The van der Waals surface area contributed by atoms with E-state index in [0.717, 1.165) is 10.9 Å². The van der Waals surface area contributed by atoms with Crippen LogP contribution < -0.4 is 5.73 Å². The van der Waals surface area contributed by atoms with Gasteiger partial charge in [0.1, 0.15) is 5.84 Å². The number of amidine groups is 1. The molecule has 0 atom stereocenters. The summed E-state index contributed by atoms with van der Waals surface area (Å²) in [5, 5.41) is 10.4. The van der Waals surface area contributed by atoms with Gasteiger partial charge in [0.05, 0.1) is 0 Å². The third-order valence-electron chi connectivity index (χ3n) is 1.76. The molecule has 2 rings (SSSR count). The van der Waals surface area contributed by atoms with Crippen molar-refractivity contribution in [3.05, 3.63) is 35.2 Å². The first-order valence-electron chi connectivity index (χ1n) is 3.59. The molecule has 0 aliphatic carbocycles. The third kappa shape index (κ3) is 11.0. The zero-order valence-electron chi connectivity index (χ0n) is 10.8. The molecule has 0 bridgehead atoms. The lowest BCUT2D eigenvalue weighted by Gasteiger charge is -1.96. The Morgan fingerprint density at radius 3 is 1.76 bits per heavy atom. The number of thiophene rings is 1.